The Balaban J connectivity index is 1.80. The zero-order valence-electron chi connectivity index (χ0n) is 11.2. The summed E-state index contributed by atoms with van der Waals surface area (Å²) < 4.78 is 24.3. The summed E-state index contributed by atoms with van der Waals surface area (Å²) >= 11 is 11.8. The summed E-state index contributed by atoms with van der Waals surface area (Å²) in [5.74, 6) is -0.735. The van der Waals surface area contributed by atoms with Crippen molar-refractivity contribution in [3.63, 3.8) is 0 Å². The third-order valence-corrected chi connectivity index (χ3v) is 4.45. The highest BCUT2D eigenvalue weighted by molar-refractivity contribution is 6.35. The molecule has 0 aromatic heterocycles. The maximum atomic E-state index is 13.6. The van der Waals surface area contributed by atoms with E-state index in [0.29, 0.717) is 43.3 Å². The van der Waals surface area contributed by atoms with E-state index in [1.54, 1.807) is 0 Å². The van der Waals surface area contributed by atoms with E-state index in [1.807, 2.05) is 4.90 Å². The summed E-state index contributed by atoms with van der Waals surface area (Å²) in [6.45, 7) is 2.02. The van der Waals surface area contributed by atoms with Gasteiger partial charge in [0.25, 0.3) is 0 Å². The predicted octanol–water partition coefficient (Wildman–Crippen LogP) is 2.82. The first-order valence-corrected chi connectivity index (χ1v) is 7.48. The first-order valence-electron chi connectivity index (χ1n) is 6.73. The minimum absolute atomic E-state index is 0.0178. The normalized spacial score (nSPS) is 26.9. The molecular formula is C14H14Cl2FNO3. The molecule has 0 saturated carbocycles. The van der Waals surface area contributed by atoms with E-state index in [2.05, 4.69) is 0 Å². The second-order valence-electron chi connectivity index (χ2n) is 5.11. The van der Waals surface area contributed by atoms with Gasteiger partial charge in [0.1, 0.15) is 11.9 Å². The maximum Gasteiger partial charge on any atom is 0.323 e. The predicted molar refractivity (Wildman–Crippen MR) is 76.1 cm³/mol. The number of carbonyl (C=O) groups excluding carboxylic acids is 1. The lowest BCUT2D eigenvalue weighted by molar-refractivity contribution is -0.144. The molecular weight excluding hydrogens is 320 g/mol. The van der Waals surface area contributed by atoms with Gasteiger partial charge in [0.15, 0.2) is 0 Å². The zero-order chi connectivity index (χ0) is 15.0. The Labute approximate surface area is 131 Å². The third kappa shape index (κ3) is 3.01. The molecule has 114 valence electrons. The molecule has 0 unspecified atom stereocenters. The number of morpholine rings is 1. The topological polar surface area (TPSA) is 38.8 Å². The number of hydrogen-bond acceptors (Lipinski definition) is 4. The Hall–Kier alpha value is -0.880. The van der Waals surface area contributed by atoms with Crippen molar-refractivity contribution in [3.8, 4) is 0 Å². The van der Waals surface area contributed by atoms with E-state index in [9.17, 15) is 9.18 Å². The molecule has 2 aliphatic heterocycles. The molecule has 2 fully saturated rings. The molecule has 2 heterocycles. The molecule has 21 heavy (non-hydrogen) atoms. The largest absolute Gasteiger partial charge is 0.464 e. The molecule has 0 aliphatic carbocycles. The fourth-order valence-corrected chi connectivity index (χ4v) is 3.25. The van der Waals surface area contributed by atoms with E-state index >= 15 is 0 Å². The van der Waals surface area contributed by atoms with Crippen molar-refractivity contribution in [2.45, 2.75) is 18.6 Å². The van der Waals surface area contributed by atoms with Crippen LogP contribution in [-0.4, -0.2) is 43.2 Å². The summed E-state index contributed by atoms with van der Waals surface area (Å²) in [6, 6.07) is 2.43. The minimum Gasteiger partial charge on any atom is -0.464 e. The number of rotatable bonds is 2. The molecule has 2 atom stereocenters. The monoisotopic (exact) mass is 333 g/mol. The third-order valence-electron chi connectivity index (χ3n) is 3.83. The molecule has 4 nitrogen and oxygen atoms in total. The Kier molecular flexibility index (Phi) is 4.36. The molecule has 1 aromatic rings. The highest BCUT2D eigenvalue weighted by Gasteiger charge is 2.36. The Morgan fingerprint density at radius 2 is 2.05 bits per heavy atom. The van der Waals surface area contributed by atoms with Gasteiger partial charge < -0.3 is 9.47 Å². The molecule has 0 radical (unpaired) electrons. The zero-order valence-corrected chi connectivity index (χ0v) is 12.7. The van der Waals surface area contributed by atoms with Gasteiger partial charge in [0.2, 0.25) is 0 Å². The molecule has 2 aliphatic rings. The standard InChI is InChI=1S/C14H14Cl2FNO3/c15-9-6-10(16)11(17)5-8(9)13-7-18(2-4-20-13)12-1-3-21-14(12)19/h5-6,12-13H,1-4,7H2/t12-,13+/m0/s1. The van der Waals surface area contributed by atoms with Crippen LogP contribution in [0.3, 0.4) is 0 Å². The smallest absolute Gasteiger partial charge is 0.323 e. The van der Waals surface area contributed by atoms with E-state index in [4.69, 9.17) is 32.7 Å². The van der Waals surface area contributed by atoms with Crippen molar-refractivity contribution >= 4 is 29.2 Å². The number of esters is 1. The van der Waals surface area contributed by atoms with Crippen LogP contribution in [0.1, 0.15) is 18.1 Å². The van der Waals surface area contributed by atoms with Crippen LogP contribution in [-0.2, 0) is 14.3 Å². The summed E-state index contributed by atoms with van der Waals surface area (Å²) in [6.07, 6.45) is 0.292. The van der Waals surface area contributed by atoms with Crippen molar-refractivity contribution in [1.29, 1.82) is 0 Å². The second kappa shape index (κ2) is 6.08. The van der Waals surface area contributed by atoms with Gasteiger partial charge in [0.05, 0.1) is 24.3 Å². The van der Waals surface area contributed by atoms with E-state index in [0.717, 1.165) is 0 Å². The molecule has 0 amide bonds. The number of nitrogens with zero attached hydrogens (tertiary/aromatic N) is 1. The summed E-state index contributed by atoms with van der Waals surface area (Å²) in [5, 5.41) is 0.345. The van der Waals surface area contributed by atoms with Crippen LogP contribution in [0.2, 0.25) is 10.0 Å². The maximum absolute atomic E-state index is 13.6. The van der Waals surface area contributed by atoms with Crippen LogP contribution in [0.25, 0.3) is 0 Å². The van der Waals surface area contributed by atoms with Crippen LogP contribution >= 0.6 is 23.2 Å². The fraction of sp³-hybridized carbons (Fsp3) is 0.500. The highest BCUT2D eigenvalue weighted by Crippen LogP contribution is 2.33. The van der Waals surface area contributed by atoms with Crippen LogP contribution in [0, 0.1) is 5.82 Å². The van der Waals surface area contributed by atoms with Crippen molar-refractivity contribution < 1.29 is 18.7 Å². The first kappa shape index (κ1) is 15.0. The molecule has 0 N–H and O–H groups in total. The average Bonchev–Trinajstić information content (AvgIpc) is 2.89. The number of carbonyl (C=O) groups is 1. The van der Waals surface area contributed by atoms with Crippen LogP contribution in [0.4, 0.5) is 4.39 Å². The van der Waals surface area contributed by atoms with Gasteiger partial charge in [-0.1, -0.05) is 23.2 Å². The lowest BCUT2D eigenvalue weighted by atomic mass is 10.1. The fourth-order valence-electron chi connectivity index (χ4n) is 2.74. The molecule has 7 heteroatoms. The number of halogens is 3. The van der Waals surface area contributed by atoms with E-state index < -0.39 is 5.82 Å². The van der Waals surface area contributed by atoms with Gasteiger partial charge in [-0.2, -0.15) is 0 Å². The Morgan fingerprint density at radius 3 is 2.76 bits per heavy atom. The van der Waals surface area contributed by atoms with Crippen LogP contribution in [0.15, 0.2) is 12.1 Å². The van der Waals surface area contributed by atoms with Crippen molar-refractivity contribution in [1.82, 2.24) is 4.90 Å². The molecule has 2 saturated heterocycles. The first-order chi connectivity index (χ1) is 10.1. The van der Waals surface area contributed by atoms with Crippen molar-refractivity contribution in [3.05, 3.63) is 33.6 Å². The van der Waals surface area contributed by atoms with Crippen molar-refractivity contribution in [2.24, 2.45) is 0 Å². The molecule has 3 rings (SSSR count). The van der Waals surface area contributed by atoms with Gasteiger partial charge in [-0.25, -0.2) is 4.39 Å². The van der Waals surface area contributed by atoms with E-state index in [1.165, 1.54) is 12.1 Å². The number of benzene rings is 1. The summed E-state index contributed by atoms with van der Waals surface area (Å²) in [7, 11) is 0. The van der Waals surface area contributed by atoms with Gasteiger partial charge in [-0.3, -0.25) is 9.69 Å². The summed E-state index contributed by atoms with van der Waals surface area (Å²) in [5.41, 5.74) is 0.551. The minimum atomic E-state index is -0.530. The summed E-state index contributed by atoms with van der Waals surface area (Å²) in [4.78, 5) is 13.7. The quantitative estimate of drug-likeness (QED) is 0.616. The van der Waals surface area contributed by atoms with Crippen LogP contribution < -0.4 is 0 Å². The SMILES string of the molecule is O=C1OCC[C@@H]1N1CCO[C@@H](c2cc(F)c(Cl)cc2Cl)C1. The number of hydrogen-bond donors (Lipinski definition) is 0. The molecule has 0 bridgehead atoms. The van der Waals surface area contributed by atoms with Gasteiger partial charge in [-0.05, 0) is 12.1 Å². The van der Waals surface area contributed by atoms with Crippen molar-refractivity contribution in [2.75, 3.05) is 26.3 Å². The molecule has 1 aromatic carbocycles. The number of ether oxygens (including phenoxy) is 2. The Bertz CT molecular complexity index is 569. The lowest BCUT2D eigenvalue weighted by Gasteiger charge is -2.35. The van der Waals surface area contributed by atoms with Gasteiger partial charge in [-0.15, -0.1) is 0 Å². The Morgan fingerprint density at radius 1 is 1.24 bits per heavy atom. The van der Waals surface area contributed by atoms with Gasteiger partial charge >= 0.3 is 5.97 Å². The van der Waals surface area contributed by atoms with Crippen LogP contribution in [0.5, 0.6) is 0 Å². The second-order valence-corrected chi connectivity index (χ2v) is 5.93. The highest BCUT2D eigenvalue weighted by atomic mass is 35.5. The molecule has 0 spiro atoms. The average molecular weight is 334 g/mol. The van der Waals surface area contributed by atoms with E-state index in [-0.39, 0.29) is 23.1 Å². The van der Waals surface area contributed by atoms with Gasteiger partial charge in [0, 0.05) is 30.1 Å². The lowest BCUT2D eigenvalue weighted by Crippen LogP contribution is -2.46. The number of cyclic esters (lactones) is 1.